The highest BCUT2D eigenvalue weighted by Gasteiger charge is 2.15. The van der Waals surface area contributed by atoms with Crippen LogP contribution in [0.25, 0.3) is 87.5 Å². The van der Waals surface area contributed by atoms with E-state index in [-0.39, 0.29) is 0 Å². The zero-order valence-electron chi connectivity index (χ0n) is 22.6. The van der Waals surface area contributed by atoms with Gasteiger partial charge in [0.1, 0.15) is 0 Å². The van der Waals surface area contributed by atoms with E-state index in [1.807, 2.05) is 6.20 Å². The lowest BCUT2D eigenvalue weighted by atomic mass is 9.93. The summed E-state index contributed by atoms with van der Waals surface area (Å²) in [5.74, 6) is 0.727. The molecule has 3 nitrogen and oxygen atoms in total. The molecule has 0 fully saturated rings. The second-order valence-corrected chi connectivity index (χ2v) is 10.8. The number of aromatic nitrogens is 3. The van der Waals surface area contributed by atoms with Crippen molar-refractivity contribution >= 4 is 65.0 Å². The first-order valence-corrected chi connectivity index (χ1v) is 14.2. The van der Waals surface area contributed by atoms with E-state index >= 15 is 0 Å². The Labute approximate surface area is 241 Å². The van der Waals surface area contributed by atoms with Crippen LogP contribution in [0.2, 0.25) is 0 Å². The quantitative estimate of drug-likeness (QED) is 0.164. The summed E-state index contributed by atoms with van der Waals surface area (Å²) in [6.45, 7) is 0. The summed E-state index contributed by atoms with van der Waals surface area (Å²) in [6.07, 6.45) is 1.98. The molecular formula is C39H23N3. The number of nitrogens with zero attached hydrogens (tertiary/aromatic N) is 3. The van der Waals surface area contributed by atoms with Gasteiger partial charge in [0.15, 0.2) is 5.82 Å². The van der Waals surface area contributed by atoms with Crippen LogP contribution in [0.15, 0.2) is 140 Å². The number of pyridine rings is 1. The molecule has 9 rings (SSSR count). The minimum absolute atomic E-state index is 0.727. The molecule has 0 bridgehead atoms. The van der Waals surface area contributed by atoms with E-state index in [0.717, 1.165) is 55.0 Å². The molecule has 0 saturated heterocycles. The van der Waals surface area contributed by atoms with Crippen LogP contribution in [0.1, 0.15) is 0 Å². The zero-order valence-corrected chi connectivity index (χ0v) is 22.6. The molecule has 2 heterocycles. The van der Waals surface area contributed by atoms with Gasteiger partial charge in [0.2, 0.25) is 0 Å². The summed E-state index contributed by atoms with van der Waals surface area (Å²) in [7, 11) is 0. The van der Waals surface area contributed by atoms with Gasteiger partial charge in [-0.3, -0.25) is 0 Å². The van der Waals surface area contributed by atoms with Crippen molar-refractivity contribution in [3.8, 4) is 22.5 Å². The molecule has 42 heavy (non-hydrogen) atoms. The second-order valence-electron chi connectivity index (χ2n) is 10.8. The molecule has 0 amide bonds. The SMILES string of the molecule is c1ccc2c(c1)ccc1c(-c3ccc(-c4ncc5c6ccccc6c6ccccc6c5n4)cc3)c3ccccc3nc12. The Bertz CT molecular complexity index is 2480. The lowest BCUT2D eigenvalue weighted by molar-refractivity contribution is 1.23. The van der Waals surface area contributed by atoms with Crippen molar-refractivity contribution in [1.29, 1.82) is 0 Å². The van der Waals surface area contributed by atoms with Gasteiger partial charge < -0.3 is 0 Å². The Morgan fingerprint density at radius 2 is 0.929 bits per heavy atom. The largest absolute Gasteiger partial charge is 0.247 e. The molecule has 2 aromatic heterocycles. The van der Waals surface area contributed by atoms with Crippen molar-refractivity contribution in [3.05, 3.63) is 140 Å². The van der Waals surface area contributed by atoms with Gasteiger partial charge in [-0.1, -0.05) is 127 Å². The normalized spacial score (nSPS) is 11.8. The van der Waals surface area contributed by atoms with Crippen LogP contribution in [-0.2, 0) is 0 Å². The third kappa shape index (κ3) is 3.37. The fourth-order valence-electron chi connectivity index (χ4n) is 6.52. The molecule has 0 aliphatic carbocycles. The first-order valence-electron chi connectivity index (χ1n) is 14.2. The number of benzene rings is 7. The molecule has 9 aromatic rings. The molecule has 0 N–H and O–H groups in total. The van der Waals surface area contributed by atoms with Gasteiger partial charge >= 0.3 is 0 Å². The van der Waals surface area contributed by atoms with Gasteiger partial charge in [0, 0.05) is 44.3 Å². The number of fused-ring (bicyclic) bond motifs is 10. The lowest BCUT2D eigenvalue weighted by Crippen LogP contribution is -1.93. The van der Waals surface area contributed by atoms with Crippen LogP contribution in [0.5, 0.6) is 0 Å². The Hall–Kier alpha value is -5.67. The second kappa shape index (κ2) is 8.92. The van der Waals surface area contributed by atoms with Gasteiger partial charge in [-0.2, -0.15) is 0 Å². The van der Waals surface area contributed by atoms with E-state index in [1.54, 1.807) is 0 Å². The van der Waals surface area contributed by atoms with Crippen molar-refractivity contribution in [1.82, 2.24) is 15.0 Å². The van der Waals surface area contributed by atoms with Gasteiger partial charge in [-0.15, -0.1) is 0 Å². The molecule has 0 aliphatic rings. The van der Waals surface area contributed by atoms with Crippen LogP contribution in [0, 0.1) is 0 Å². The highest BCUT2D eigenvalue weighted by molar-refractivity contribution is 6.24. The lowest BCUT2D eigenvalue weighted by Gasteiger charge is -2.14. The number of para-hydroxylation sites is 1. The van der Waals surface area contributed by atoms with Crippen molar-refractivity contribution in [2.24, 2.45) is 0 Å². The third-order valence-electron chi connectivity index (χ3n) is 8.49. The summed E-state index contributed by atoms with van der Waals surface area (Å²) in [5, 5.41) is 10.5. The summed E-state index contributed by atoms with van der Waals surface area (Å²) in [4.78, 5) is 15.1. The van der Waals surface area contributed by atoms with Gasteiger partial charge in [0.25, 0.3) is 0 Å². The average molecular weight is 534 g/mol. The summed E-state index contributed by atoms with van der Waals surface area (Å²) >= 11 is 0. The van der Waals surface area contributed by atoms with E-state index in [4.69, 9.17) is 15.0 Å². The van der Waals surface area contributed by atoms with E-state index in [0.29, 0.717) is 0 Å². The van der Waals surface area contributed by atoms with Crippen LogP contribution in [0.3, 0.4) is 0 Å². The van der Waals surface area contributed by atoms with Crippen LogP contribution < -0.4 is 0 Å². The molecule has 0 saturated carbocycles. The third-order valence-corrected chi connectivity index (χ3v) is 8.49. The number of hydrogen-bond acceptors (Lipinski definition) is 3. The summed E-state index contributed by atoms with van der Waals surface area (Å²) < 4.78 is 0. The van der Waals surface area contributed by atoms with Gasteiger partial charge in [-0.25, -0.2) is 15.0 Å². The molecule has 0 radical (unpaired) electrons. The van der Waals surface area contributed by atoms with Gasteiger partial charge in [-0.05, 0) is 33.2 Å². The molecule has 0 atom stereocenters. The molecule has 194 valence electrons. The highest BCUT2D eigenvalue weighted by Crippen LogP contribution is 2.39. The first-order chi connectivity index (χ1) is 20.8. The van der Waals surface area contributed by atoms with Crippen LogP contribution in [-0.4, -0.2) is 15.0 Å². The Balaban J connectivity index is 1.24. The zero-order chi connectivity index (χ0) is 27.6. The standard InChI is InChI=1S/C39H23N3/c1-2-10-27-24(9-1)21-22-33-36(32-15-7-8-16-35(32)41-37(27)33)25-17-19-26(20-18-25)39-40-23-34-30-13-4-3-11-28(30)29-12-5-6-14-31(29)38(34)42-39/h1-23H. The van der Waals surface area contributed by atoms with Gasteiger partial charge in [0.05, 0.1) is 16.6 Å². The minimum atomic E-state index is 0.727. The fraction of sp³-hybridized carbons (Fsp3) is 0. The van der Waals surface area contributed by atoms with E-state index < -0.39 is 0 Å². The molecule has 7 aromatic carbocycles. The average Bonchev–Trinajstić information content (AvgIpc) is 3.07. The van der Waals surface area contributed by atoms with E-state index in [9.17, 15) is 0 Å². The smallest absolute Gasteiger partial charge is 0.159 e. The summed E-state index contributed by atoms with van der Waals surface area (Å²) in [5.41, 5.74) is 6.35. The minimum Gasteiger partial charge on any atom is -0.247 e. The Morgan fingerprint density at radius 1 is 0.357 bits per heavy atom. The van der Waals surface area contributed by atoms with Crippen molar-refractivity contribution in [2.45, 2.75) is 0 Å². The monoisotopic (exact) mass is 533 g/mol. The van der Waals surface area contributed by atoms with Crippen molar-refractivity contribution in [2.75, 3.05) is 0 Å². The fourth-order valence-corrected chi connectivity index (χ4v) is 6.52. The highest BCUT2D eigenvalue weighted by atomic mass is 14.9. The van der Waals surface area contributed by atoms with Crippen molar-refractivity contribution < 1.29 is 0 Å². The molecular weight excluding hydrogens is 510 g/mol. The van der Waals surface area contributed by atoms with Crippen molar-refractivity contribution in [3.63, 3.8) is 0 Å². The number of hydrogen-bond donors (Lipinski definition) is 0. The first kappa shape index (κ1) is 23.1. The van der Waals surface area contributed by atoms with E-state index in [1.165, 1.54) is 32.5 Å². The maximum atomic E-state index is 5.14. The predicted molar refractivity (Wildman–Crippen MR) is 176 cm³/mol. The Kier molecular flexibility index (Phi) is 4.90. The summed E-state index contributed by atoms with van der Waals surface area (Å²) in [6, 6.07) is 47.0. The number of rotatable bonds is 2. The van der Waals surface area contributed by atoms with Crippen LogP contribution in [0.4, 0.5) is 0 Å². The molecule has 0 spiro atoms. The topological polar surface area (TPSA) is 38.7 Å². The van der Waals surface area contributed by atoms with E-state index in [2.05, 4.69) is 133 Å². The predicted octanol–water partition coefficient (Wildman–Crippen LogP) is 10.1. The molecule has 3 heteroatoms. The Morgan fingerprint density at radius 3 is 1.71 bits per heavy atom. The maximum Gasteiger partial charge on any atom is 0.159 e. The van der Waals surface area contributed by atoms with Crippen LogP contribution >= 0.6 is 0 Å². The maximum absolute atomic E-state index is 5.14. The molecule has 0 aliphatic heterocycles. The molecule has 0 unspecified atom stereocenters.